The lowest BCUT2D eigenvalue weighted by Crippen LogP contribution is -2.33. The number of hydrogen-bond donors (Lipinski definition) is 0. The van der Waals surface area contributed by atoms with E-state index in [0.29, 0.717) is 11.5 Å². The maximum Gasteiger partial charge on any atom is 0.217 e. The van der Waals surface area contributed by atoms with Crippen LogP contribution in [-0.2, 0) is 7.05 Å². The molecule has 3 heteroatoms. The molecule has 0 fully saturated rings. The molecule has 2 heterocycles. The van der Waals surface area contributed by atoms with Gasteiger partial charge in [0.25, 0.3) is 0 Å². The first-order valence-corrected chi connectivity index (χ1v) is 14.4. The zero-order chi connectivity index (χ0) is 29.0. The summed E-state index contributed by atoms with van der Waals surface area (Å²) < 4.78 is 9.17. The topological polar surface area (TPSA) is 40.8 Å². The van der Waals surface area contributed by atoms with Crippen molar-refractivity contribution in [3.63, 3.8) is 0 Å². The summed E-state index contributed by atoms with van der Waals surface area (Å²) in [6.45, 7) is 6.65. The Morgan fingerprint density at radius 1 is 0.667 bits per heavy atom. The first kappa shape index (κ1) is 25.7. The Labute approximate surface area is 245 Å². The van der Waals surface area contributed by atoms with Crippen molar-refractivity contribution in [3.8, 4) is 39.6 Å². The van der Waals surface area contributed by atoms with Crippen LogP contribution in [0.15, 0.2) is 114 Å². The third kappa shape index (κ3) is 3.99. The Morgan fingerprint density at radius 3 is 2.10 bits per heavy atom. The molecule has 3 nitrogen and oxygen atoms in total. The third-order valence-corrected chi connectivity index (χ3v) is 8.50. The van der Waals surface area contributed by atoms with Crippen LogP contribution in [0.2, 0.25) is 0 Å². The highest BCUT2D eigenvalue weighted by atomic mass is 16.3. The molecule has 0 saturated heterocycles. The van der Waals surface area contributed by atoms with Gasteiger partial charge >= 0.3 is 0 Å². The molecule has 7 aromatic rings. The standard InChI is InChI=1S/C39H31N2O/c1-24(2)33-22-35(41(4)34-16-9-8-15-30(33)34)36-25(3)17-19-31-32-20-18-29(23-40)37(39(32)42-38(31)36)28-14-10-13-27(21-28)26-11-6-5-7-12-26/h5-22,24H,1-4H3/q+1. The van der Waals surface area contributed by atoms with E-state index < -0.39 is 0 Å². The van der Waals surface area contributed by atoms with E-state index in [-0.39, 0.29) is 0 Å². The van der Waals surface area contributed by atoms with Crippen molar-refractivity contribution in [3.05, 3.63) is 126 Å². The molecule has 7 rings (SSSR count). The fourth-order valence-electron chi connectivity index (χ4n) is 6.36. The van der Waals surface area contributed by atoms with Crippen LogP contribution in [-0.4, -0.2) is 0 Å². The third-order valence-electron chi connectivity index (χ3n) is 8.50. The second-order valence-corrected chi connectivity index (χ2v) is 11.4. The summed E-state index contributed by atoms with van der Waals surface area (Å²) in [6, 6.07) is 40.4. The van der Waals surface area contributed by atoms with Gasteiger partial charge in [-0.2, -0.15) is 9.83 Å². The fourth-order valence-corrected chi connectivity index (χ4v) is 6.36. The van der Waals surface area contributed by atoms with Crippen molar-refractivity contribution in [2.24, 2.45) is 7.05 Å². The van der Waals surface area contributed by atoms with Gasteiger partial charge in [0.05, 0.1) is 17.2 Å². The number of nitrogens with zero attached hydrogens (tertiary/aromatic N) is 2. The van der Waals surface area contributed by atoms with Crippen molar-refractivity contribution in [2.45, 2.75) is 26.7 Å². The smallest absolute Gasteiger partial charge is 0.217 e. The van der Waals surface area contributed by atoms with E-state index in [9.17, 15) is 5.26 Å². The zero-order valence-electron chi connectivity index (χ0n) is 24.3. The fraction of sp³-hybridized carbons (Fsp3) is 0.128. The molecule has 0 aliphatic rings. The molecule has 5 aromatic carbocycles. The van der Waals surface area contributed by atoms with Gasteiger partial charge in [-0.3, -0.25) is 0 Å². The van der Waals surface area contributed by atoms with Gasteiger partial charge in [-0.1, -0.05) is 86.6 Å². The molecule has 2 aromatic heterocycles. The summed E-state index contributed by atoms with van der Waals surface area (Å²) in [5, 5.41) is 13.5. The minimum atomic E-state index is 0.367. The van der Waals surface area contributed by atoms with Gasteiger partial charge in [-0.15, -0.1) is 0 Å². The molecule has 0 atom stereocenters. The van der Waals surface area contributed by atoms with E-state index in [1.54, 1.807) is 0 Å². The van der Waals surface area contributed by atoms with Crippen molar-refractivity contribution >= 4 is 32.8 Å². The molecule has 0 N–H and O–H groups in total. The molecular weight excluding hydrogens is 512 g/mol. The molecule has 0 aliphatic heterocycles. The highest BCUT2D eigenvalue weighted by Gasteiger charge is 2.26. The summed E-state index contributed by atoms with van der Waals surface area (Å²) in [5.74, 6) is 0.367. The molecule has 0 spiro atoms. The average Bonchev–Trinajstić information content (AvgIpc) is 3.40. The highest BCUT2D eigenvalue weighted by Crippen LogP contribution is 2.43. The van der Waals surface area contributed by atoms with E-state index in [1.165, 1.54) is 16.5 Å². The second-order valence-electron chi connectivity index (χ2n) is 11.4. The van der Waals surface area contributed by atoms with Crippen LogP contribution >= 0.6 is 0 Å². The van der Waals surface area contributed by atoms with Crippen LogP contribution in [0, 0.1) is 18.3 Å². The largest absolute Gasteiger partial charge is 0.454 e. The second kappa shape index (κ2) is 10.0. The van der Waals surface area contributed by atoms with Crippen molar-refractivity contribution in [1.29, 1.82) is 5.26 Å². The number of rotatable bonds is 4. The SMILES string of the molecule is Cc1ccc2c(oc3c(-c4cccc(-c5ccccc5)c4)c(C#N)ccc32)c1-c1cc(C(C)C)c2ccccc2[n+]1C. The Balaban J connectivity index is 1.54. The monoisotopic (exact) mass is 543 g/mol. The van der Waals surface area contributed by atoms with Crippen LogP contribution < -0.4 is 4.57 Å². The molecular formula is C39H31N2O+. The maximum absolute atomic E-state index is 10.2. The quantitative estimate of drug-likeness (QED) is 0.207. The Kier molecular flexibility index (Phi) is 6.14. The van der Waals surface area contributed by atoms with E-state index in [1.807, 2.05) is 30.3 Å². The number of aryl methyl sites for hydroxylation is 2. The van der Waals surface area contributed by atoms with Crippen LogP contribution in [0.5, 0.6) is 0 Å². The molecule has 0 radical (unpaired) electrons. The number of nitriles is 1. The lowest BCUT2D eigenvalue weighted by molar-refractivity contribution is -0.633. The maximum atomic E-state index is 10.2. The summed E-state index contributed by atoms with van der Waals surface area (Å²) in [6.07, 6.45) is 0. The number of aromatic nitrogens is 1. The minimum Gasteiger partial charge on any atom is -0.454 e. The highest BCUT2D eigenvalue weighted by molar-refractivity contribution is 6.14. The number of furan rings is 1. The number of hydrogen-bond acceptors (Lipinski definition) is 2. The van der Waals surface area contributed by atoms with E-state index in [0.717, 1.165) is 61.0 Å². The van der Waals surface area contributed by atoms with Crippen molar-refractivity contribution in [2.75, 3.05) is 0 Å². The zero-order valence-corrected chi connectivity index (χ0v) is 24.3. The summed E-state index contributed by atoms with van der Waals surface area (Å²) in [5.41, 5.74) is 12.1. The van der Waals surface area contributed by atoms with Gasteiger partial charge in [0.15, 0.2) is 0 Å². The number of fused-ring (bicyclic) bond motifs is 4. The first-order chi connectivity index (χ1) is 20.5. The van der Waals surface area contributed by atoms with Crippen molar-refractivity contribution < 1.29 is 8.98 Å². The molecule has 42 heavy (non-hydrogen) atoms. The lowest BCUT2D eigenvalue weighted by atomic mass is 9.93. The summed E-state index contributed by atoms with van der Waals surface area (Å²) in [7, 11) is 2.14. The van der Waals surface area contributed by atoms with Crippen molar-refractivity contribution in [1.82, 2.24) is 0 Å². The number of benzene rings is 5. The summed E-state index contributed by atoms with van der Waals surface area (Å²) in [4.78, 5) is 0. The number of pyridine rings is 1. The Morgan fingerprint density at radius 2 is 1.33 bits per heavy atom. The summed E-state index contributed by atoms with van der Waals surface area (Å²) >= 11 is 0. The number of para-hydroxylation sites is 1. The molecule has 0 aliphatic carbocycles. The van der Waals surface area contributed by atoms with Gasteiger partial charge in [-0.05, 0) is 64.9 Å². The minimum absolute atomic E-state index is 0.367. The van der Waals surface area contributed by atoms with Gasteiger partial charge < -0.3 is 4.42 Å². The van der Waals surface area contributed by atoms with Crippen LogP contribution in [0.25, 0.3) is 66.4 Å². The van der Waals surface area contributed by atoms with Gasteiger partial charge in [0, 0.05) is 33.9 Å². The Hall–Kier alpha value is -5.20. The van der Waals surface area contributed by atoms with Crippen LogP contribution in [0.4, 0.5) is 0 Å². The van der Waals surface area contributed by atoms with Gasteiger partial charge in [0.2, 0.25) is 11.2 Å². The lowest BCUT2D eigenvalue weighted by Gasteiger charge is -2.13. The molecule has 0 amide bonds. The Bertz CT molecular complexity index is 2200. The van der Waals surface area contributed by atoms with E-state index in [4.69, 9.17) is 4.42 Å². The van der Waals surface area contributed by atoms with E-state index in [2.05, 4.69) is 117 Å². The molecule has 202 valence electrons. The average molecular weight is 544 g/mol. The normalized spacial score (nSPS) is 11.5. The van der Waals surface area contributed by atoms with Gasteiger partial charge in [-0.25, -0.2) is 0 Å². The molecule has 0 saturated carbocycles. The van der Waals surface area contributed by atoms with Crippen LogP contribution in [0.1, 0.15) is 36.5 Å². The molecule has 0 unspecified atom stereocenters. The van der Waals surface area contributed by atoms with Crippen LogP contribution in [0.3, 0.4) is 0 Å². The van der Waals surface area contributed by atoms with E-state index >= 15 is 0 Å². The predicted octanol–water partition coefficient (Wildman–Crippen LogP) is 9.87. The molecule has 0 bridgehead atoms. The first-order valence-electron chi connectivity index (χ1n) is 14.4. The van der Waals surface area contributed by atoms with Gasteiger partial charge in [0.1, 0.15) is 18.2 Å². The predicted molar refractivity (Wildman–Crippen MR) is 172 cm³/mol.